The third kappa shape index (κ3) is 4.59. The quantitative estimate of drug-likeness (QED) is 0.732. The molecule has 1 unspecified atom stereocenters. The van der Waals surface area contributed by atoms with Crippen LogP contribution in [0.15, 0.2) is 17.5 Å². The summed E-state index contributed by atoms with van der Waals surface area (Å²) >= 11 is 1.86. The maximum absolute atomic E-state index is 3.55. The van der Waals surface area contributed by atoms with Crippen LogP contribution in [-0.2, 0) is 0 Å². The number of rotatable bonds is 9. The van der Waals surface area contributed by atoms with Gasteiger partial charge in [0.1, 0.15) is 0 Å². The van der Waals surface area contributed by atoms with Crippen molar-refractivity contribution >= 4 is 11.3 Å². The third-order valence-electron chi connectivity index (χ3n) is 4.45. The molecular formula is C16H30N2S. The molecule has 1 heterocycles. The molecule has 19 heavy (non-hydrogen) atoms. The Hall–Kier alpha value is -0.380. The highest BCUT2D eigenvalue weighted by Gasteiger charge is 2.29. The second-order valence-corrected chi connectivity index (χ2v) is 6.57. The van der Waals surface area contributed by atoms with E-state index in [2.05, 4.69) is 62.5 Å². The molecule has 0 spiro atoms. The summed E-state index contributed by atoms with van der Waals surface area (Å²) in [6, 6.07) is 4.91. The molecule has 1 aromatic rings. The molecule has 0 saturated heterocycles. The summed E-state index contributed by atoms with van der Waals surface area (Å²) in [6.45, 7) is 12.5. The minimum absolute atomic E-state index is 0.399. The van der Waals surface area contributed by atoms with Gasteiger partial charge in [-0.1, -0.05) is 26.8 Å². The lowest BCUT2D eigenvalue weighted by Crippen LogP contribution is -2.43. The van der Waals surface area contributed by atoms with Gasteiger partial charge in [0.25, 0.3) is 0 Å². The Morgan fingerprint density at radius 3 is 2.47 bits per heavy atom. The molecule has 0 aromatic carbocycles. The largest absolute Gasteiger partial charge is 0.316 e. The molecule has 1 rings (SSSR count). The monoisotopic (exact) mass is 282 g/mol. The minimum atomic E-state index is 0.399. The van der Waals surface area contributed by atoms with Crippen LogP contribution >= 0.6 is 11.3 Å². The zero-order valence-electron chi connectivity index (χ0n) is 13.2. The summed E-state index contributed by atoms with van der Waals surface area (Å²) in [5, 5.41) is 5.72. The first-order valence-electron chi connectivity index (χ1n) is 7.53. The van der Waals surface area contributed by atoms with E-state index in [9.17, 15) is 0 Å². The SMILES string of the molecule is CCNCC(CC)(CC)CN(C)C(C)c1cccs1. The molecular weight excluding hydrogens is 252 g/mol. The first-order chi connectivity index (χ1) is 9.08. The number of hydrogen-bond acceptors (Lipinski definition) is 3. The highest BCUT2D eigenvalue weighted by Crippen LogP contribution is 2.31. The summed E-state index contributed by atoms with van der Waals surface area (Å²) in [4.78, 5) is 3.97. The van der Waals surface area contributed by atoms with Gasteiger partial charge in [-0.15, -0.1) is 11.3 Å². The van der Waals surface area contributed by atoms with Gasteiger partial charge in [-0.05, 0) is 50.2 Å². The van der Waals surface area contributed by atoms with E-state index in [0.29, 0.717) is 11.5 Å². The normalized spacial score (nSPS) is 14.0. The fourth-order valence-electron chi connectivity index (χ4n) is 2.58. The minimum Gasteiger partial charge on any atom is -0.316 e. The van der Waals surface area contributed by atoms with Gasteiger partial charge >= 0.3 is 0 Å². The molecule has 0 bridgehead atoms. The van der Waals surface area contributed by atoms with Gasteiger partial charge in [-0.3, -0.25) is 4.90 Å². The zero-order valence-corrected chi connectivity index (χ0v) is 14.0. The van der Waals surface area contributed by atoms with Crippen molar-refractivity contribution in [2.45, 2.75) is 46.6 Å². The van der Waals surface area contributed by atoms with Gasteiger partial charge in [-0.25, -0.2) is 0 Å². The van der Waals surface area contributed by atoms with Crippen molar-refractivity contribution in [1.29, 1.82) is 0 Å². The summed E-state index contributed by atoms with van der Waals surface area (Å²) in [5.74, 6) is 0. The second-order valence-electron chi connectivity index (χ2n) is 5.59. The fraction of sp³-hybridized carbons (Fsp3) is 0.750. The Balaban J connectivity index is 2.67. The number of hydrogen-bond donors (Lipinski definition) is 1. The van der Waals surface area contributed by atoms with E-state index in [1.165, 1.54) is 17.7 Å². The highest BCUT2D eigenvalue weighted by atomic mass is 32.1. The van der Waals surface area contributed by atoms with E-state index < -0.39 is 0 Å². The first-order valence-corrected chi connectivity index (χ1v) is 8.41. The first kappa shape index (κ1) is 16.7. The Morgan fingerprint density at radius 2 is 2.00 bits per heavy atom. The predicted octanol–water partition coefficient (Wildman–Crippen LogP) is 4.16. The van der Waals surface area contributed by atoms with Crippen molar-refractivity contribution in [3.63, 3.8) is 0 Å². The molecule has 1 aromatic heterocycles. The van der Waals surface area contributed by atoms with Crippen LogP contribution in [0, 0.1) is 5.41 Å². The lowest BCUT2D eigenvalue weighted by molar-refractivity contribution is 0.129. The highest BCUT2D eigenvalue weighted by molar-refractivity contribution is 7.10. The van der Waals surface area contributed by atoms with E-state index in [1.54, 1.807) is 0 Å². The smallest absolute Gasteiger partial charge is 0.0410 e. The van der Waals surface area contributed by atoms with E-state index in [4.69, 9.17) is 0 Å². The van der Waals surface area contributed by atoms with Crippen LogP contribution in [0.4, 0.5) is 0 Å². The molecule has 2 nitrogen and oxygen atoms in total. The van der Waals surface area contributed by atoms with Crippen LogP contribution in [-0.4, -0.2) is 31.6 Å². The summed E-state index contributed by atoms with van der Waals surface area (Å²) in [5.41, 5.74) is 0.399. The van der Waals surface area contributed by atoms with Crippen molar-refractivity contribution in [2.75, 3.05) is 26.7 Å². The number of nitrogens with zero attached hydrogens (tertiary/aromatic N) is 1. The molecule has 0 aliphatic carbocycles. The van der Waals surface area contributed by atoms with Crippen LogP contribution in [0.25, 0.3) is 0 Å². The Kier molecular flexibility index (Phi) is 7.05. The lowest BCUT2D eigenvalue weighted by Gasteiger charge is -2.38. The molecule has 0 aliphatic heterocycles. The van der Waals surface area contributed by atoms with Gasteiger partial charge in [0.15, 0.2) is 0 Å². The predicted molar refractivity (Wildman–Crippen MR) is 86.9 cm³/mol. The molecule has 3 heteroatoms. The van der Waals surface area contributed by atoms with Gasteiger partial charge in [0, 0.05) is 24.0 Å². The van der Waals surface area contributed by atoms with Gasteiger partial charge in [0.05, 0.1) is 0 Å². The molecule has 0 fully saturated rings. The standard InChI is InChI=1S/C16H30N2S/c1-6-16(7-2,12-17-8-3)13-18(5)14(4)15-10-9-11-19-15/h9-11,14,17H,6-8,12-13H2,1-5H3. The van der Waals surface area contributed by atoms with Gasteiger partial charge in [-0.2, -0.15) is 0 Å². The van der Waals surface area contributed by atoms with Crippen molar-refractivity contribution < 1.29 is 0 Å². The average molecular weight is 282 g/mol. The van der Waals surface area contributed by atoms with Gasteiger partial charge in [0.2, 0.25) is 0 Å². The van der Waals surface area contributed by atoms with Crippen LogP contribution in [0.2, 0.25) is 0 Å². The van der Waals surface area contributed by atoms with E-state index >= 15 is 0 Å². The van der Waals surface area contributed by atoms with Crippen LogP contribution in [0.3, 0.4) is 0 Å². The average Bonchev–Trinajstić information content (AvgIpc) is 2.96. The van der Waals surface area contributed by atoms with Crippen molar-refractivity contribution in [1.82, 2.24) is 10.2 Å². The van der Waals surface area contributed by atoms with Crippen LogP contribution < -0.4 is 5.32 Å². The van der Waals surface area contributed by atoms with E-state index in [1.807, 2.05) is 11.3 Å². The summed E-state index contributed by atoms with van der Waals surface area (Å²) in [6.07, 6.45) is 2.47. The molecule has 1 N–H and O–H groups in total. The molecule has 0 radical (unpaired) electrons. The Bertz CT molecular complexity index is 331. The molecule has 1 atom stereocenters. The maximum atomic E-state index is 3.55. The van der Waals surface area contributed by atoms with E-state index in [0.717, 1.165) is 19.6 Å². The zero-order chi connectivity index (χ0) is 14.3. The van der Waals surface area contributed by atoms with Crippen molar-refractivity contribution in [3.8, 4) is 0 Å². The molecule has 0 saturated carbocycles. The lowest BCUT2D eigenvalue weighted by atomic mass is 9.81. The van der Waals surface area contributed by atoms with Crippen molar-refractivity contribution in [3.05, 3.63) is 22.4 Å². The Labute approximate surface area is 123 Å². The van der Waals surface area contributed by atoms with Crippen LogP contribution in [0.5, 0.6) is 0 Å². The topological polar surface area (TPSA) is 15.3 Å². The molecule has 0 aliphatic rings. The maximum Gasteiger partial charge on any atom is 0.0410 e. The number of nitrogens with one attached hydrogen (secondary N) is 1. The summed E-state index contributed by atoms with van der Waals surface area (Å²) < 4.78 is 0. The number of thiophene rings is 1. The van der Waals surface area contributed by atoms with E-state index in [-0.39, 0.29) is 0 Å². The molecule has 0 amide bonds. The third-order valence-corrected chi connectivity index (χ3v) is 5.49. The second kappa shape index (κ2) is 8.03. The van der Waals surface area contributed by atoms with Gasteiger partial charge < -0.3 is 5.32 Å². The van der Waals surface area contributed by atoms with Crippen molar-refractivity contribution in [2.24, 2.45) is 5.41 Å². The Morgan fingerprint density at radius 1 is 1.32 bits per heavy atom. The van der Waals surface area contributed by atoms with Crippen LogP contribution in [0.1, 0.15) is 51.5 Å². The fourth-order valence-corrected chi connectivity index (χ4v) is 3.43. The molecule has 110 valence electrons. The summed E-state index contributed by atoms with van der Waals surface area (Å²) in [7, 11) is 2.26.